The molecule has 4 bridgehead atoms. The van der Waals surface area contributed by atoms with Crippen LogP contribution in [0.4, 0.5) is 5.82 Å². The van der Waals surface area contributed by atoms with Crippen LogP contribution in [0, 0.1) is 0 Å². The molecule has 128 valence electrons. The summed E-state index contributed by atoms with van der Waals surface area (Å²) in [5.41, 5.74) is 7.32. The van der Waals surface area contributed by atoms with Gasteiger partial charge in [-0.2, -0.15) is 15.0 Å². The molecule has 3 aromatic heterocycles. The zero-order valence-electron chi connectivity index (χ0n) is 13.3. The SMILES string of the molecule is Nc1nc2nc3c1nc(O)n3Cc1cc(ccn1)OC/C=C\CCO2. The third-order valence-corrected chi connectivity index (χ3v) is 3.72. The lowest BCUT2D eigenvalue weighted by atomic mass is 10.3. The van der Waals surface area contributed by atoms with Crippen molar-refractivity contribution in [1.29, 1.82) is 0 Å². The van der Waals surface area contributed by atoms with Gasteiger partial charge in [0.15, 0.2) is 17.0 Å². The molecule has 0 spiro atoms. The summed E-state index contributed by atoms with van der Waals surface area (Å²) in [5, 5.41) is 10.2. The average Bonchev–Trinajstić information content (AvgIpc) is 2.90. The molecule has 25 heavy (non-hydrogen) atoms. The minimum Gasteiger partial charge on any atom is -0.489 e. The second-order valence-electron chi connectivity index (χ2n) is 5.46. The third kappa shape index (κ3) is 3.03. The van der Waals surface area contributed by atoms with Gasteiger partial charge in [0.2, 0.25) is 0 Å². The summed E-state index contributed by atoms with van der Waals surface area (Å²) in [5.74, 6) is 0.846. The summed E-state index contributed by atoms with van der Waals surface area (Å²) in [6, 6.07) is 3.52. The molecule has 0 aromatic carbocycles. The maximum Gasteiger partial charge on any atom is 0.320 e. The van der Waals surface area contributed by atoms with E-state index in [4.69, 9.17) is 15.2 Å². The lowest BCUT2D eigenvalue weighted by Crippen LogP contribution is -2.06. The molecular formula is C16H16N6O3. The molecule has 0 fully saturated rings. The number of nitrogens with two attached hydrogens (primary N) is 1. The van der Waals surface area contributed by atoms with Gasteiger partial charge in [0.05, 0.1) is 18.8 Å². The van der Waals surface area contributed by atoms with Gasteiger partial charge < -0.3 is 20.3 Å². The van der Waals surface area contributed by atoms with Crippen molar-refractivity contribution in [3.05, 3.63) is 36.2 Å². The second kappa shape index (κ2) is 6.27. The first-order valence-corrected chi connectivity index (χ1v) is 7.79. The number of hydrogen-bond acceptors (Lipinski definition) is 8. The van der Waals surface area contributed by atoms with Crippen molar-refractivity contribution in [3.8, 4) is 17.8 Å². The number of ether oxygens (including phenoxy) is 2. The minimum absolute atomic E-state index is 0.146. The van der Waals surface area contributed by atoms with E-state index in [0.29, 0.717) is 42.2 Å². The van der Waals surface area contributed by atoms with Crippen molar-refractivity contribution in [1.82, 2.24) is 24.5 Å². The normalized spacial score (nSPS) is 15.8. The molecular weight excluding hydrogens is 324 g/mol. The molecule has 0 saturated heterocycles. The summed E-state index contributed by atoms with van der Waals surface area (Å²) >= 11 is 0. The lowest BCUT2D eigenvalue weighted by Gasteiger charge is -2.08. The third-order valence-electron chi connectivity index (χ3n) is 3.72. The van der Waals surface area contributed by atoms with Gasteiger partial charge in [-0.15, -0.1) is 0 Å². The lowest BCUT2D eigenvalue weighted by molar-refractivity contribution is 0.299. The van der Waals surface area contributed by atoms with E-state index in [1.807, 2.05) is 12.2 Å². The Bertz CT molecular complexity index is 952. The molecule has 9 heteroatoms. The molecule has 0 amide bonds. The largest absolute Gasteiger partial charge is 0.489 e. The van der Waals surface area contributed by atoms with Crippen LogP contribution in [0.2, 0.25) is 0 Å². The molecule has 1 aliphatic heterocycles. The first-order chi connectivity index (χ1) is 12.2. The molecule has 1 aliphatic rings. The van der Waals surface area contributed by atoms with Crippen LogP contribution in [0.1, 0.15) is 12.1 Å². The number of hydrogen-bond donors (Lipinski definition) is 2. The van der Waals surface area contributed by atoms with E-state index in [-0.39, 0.29) is 24.4 Å². The summed E-state index contributed by atoms with van der Waals surface area (Å²) in [6.45, 7) is 1.10. The van der Waals surface area contributed by atoms with Gasteiger partial charge in [0.1, 0.15) is 12.4 Å². The fourth-order valence-corrected chi connectivity index (χ4v) is 2.54. The van der Waals surface area contributed by atoms with E-state index in [2.05, 4.69) is 19.9 Å². The maximum absolute atomic E-state index is 10.2. The van der Waals surface area contributed by atoms with Crippen LogP contribution in [0.3, 0.4) is 0 Å². The Morgan fingerprint density at radius 2 is 2.08 bits per heavy atom. The Kier molecular flexibility index (Phi) is 3.81. The predicted octanol–water partition coefficient (Wildman–Crippen LogP) is 1.27. The number of imidazole rings is 1. The van der Waals surface area contributed by atoms with Crippen LogP contribution < -0.4 is 15.2 Å². The Balaban J connectivity index is 1.83. The predicted molar refractivity (Wildman–Crippen MR) is 89.5 cm³/mol. The number of aromatic nitrogens is 5. The molecule has 0 radical (unpaired) electrons. The number of nitrogen functional groups attached to an aromatic ring is 1. The van der Waals surface area contributed by atoms with Gasteiger partial charge in [0.25, 0.3) is 6.01 Å². The number of fused-ring (bicyclic) bond motifs is 3. The molecule has 0 saturated carbocycles. The first kappa shape index (κ1) is 15.2. The zero-order valence-corrected chi connectivity index (χ0v) is 13.3. The Morgan fingerprint density at radius 3 is 3.00 bits per heavy atom. The number of rotatable bonds is 0. The van der Waals surface area contributed by atoms with E-state index >= 15 is 0 Å². The molecule has 0 unspecified atom stereocenters. The highest BCUT2D eigenvalue weighted by Gasteiger charge is 2.17. The topological polar surface area (TPSA) is 121 Å². The fraction of sp³-hybridized carbons (Fsp3) is 0.250. The second-order valence-corrected chi connectivity index (χ2v) is 5.46. The summed E-state index contributed by atoms with van der Waals surface area (Å²) < 4.78 is 12.7. The molecule has 3 N–H and O–H groups in total. The molecule has 3 aromatic rings. The van der Waals surface area contributed by atoms with Crippen molar-refractivity contribution in [2.24, 2.45) is 0 Å². The molecule has 0 atom stereocenters. The van der Waals surface area contributed by atoms with Crippen molar-refractivity contribution >= 4 is 17.0 Å². The van der Waals surface area contributed by atoms with Crippen molar-refractivity contribution < 1.29 is 14.6 Å². The van der Waals surface area contributed by atoms with Crippen LogP contribution in [0.25, 0.3) is 11.2 Å². The Labute approximate surface area is 142 Å². The van der Waals surface area contributed by atoms with E-state index in [0.717, 1.165) is 0 Å². The van der Waals surface area contributed by atoms with Crippen LogP contribution in [0.5, 0.6) is 17.8 Å². The molecule has 4 heterocycles. The van der Waals surface area contributed by atoms with Gasteiger partial charge in [0, 0.05) is 12.3 Å². The number of anilines is 1. The average molecular weight is 340 g/mol. The fourth-order valence-electron chi connectivity index (χ4n) is 2.54. The van der Waals surface area contributed by atoms with Crippen LogP contribution in [-0.2, 0) is 6.54 Å². The van der Waals surface area contributed by atoms with E-state index < -0.39 is 0 Å². The molecule has 0 aliphatic carbocycles. The van der Waals surface area contributed by atoms with Gasteiger partial charge in [-0.3, -0.25) is 9.55 Å². The number of aromatic hydroxyl groups is 1. The monoisotopic (exact) mass is 340 g/mol. The highest BCUT2D eigenvalue weighted by molar-refractivity contribution is 5.83. The quantitative estimate of drug-likeness (QED) is 0.587. The van der Waals surface area contributed by atoms with E-state index in [1.165, 1.54) is 4.57 Å². The van der Waals surface area contributed by atoms with Gasteiger partial charge in [-0.25, -0.2) is 0 Å². The molecule has 4 rings (SSSR count). The van der Waals surface area contributed by atoms with Crippen LogP contribution >= 0.6 is 0 Å². The van der Waals surface area contributed by atoms with Crippen molar-refractivity contribution in [2.75, 3.05) is 18.9 Å². The standard InChI is InChI=1S/C16H16N6O3/c17-13-12-14-21-15(20-13)25-7-3-1-2-6-24-11-4-5-18-10(8-11)9-22(14)16(23)19-12/h1-2,4-5,8H,3,6-7,9H2,(H,19,23)(H2,17,20,21)/b2-1-. The van der Waals surface area contributed by atoms with E-state index in [9.17, 15) is 5.11 Å². The van der Waals surface area contributed by atoms with Crippen LogP contribution in [-0.4, -0.2) is 42.8 Å². The summed E-state index contributed by atoms with van der Waals surface area (Å²) in [4.78, 5) is 16.8. The number of pyridine rings is 1. The molecule has 9 nitrogen and oxygen atoms in total. The Morgan fingerprint density at radius 1 is 1.16 bits per heavy atom. The van der Waals surface area contributed by atoms with Gasteiger partial charge >= 0.3 is 6.01 Å². The maximum atomic E-state index is 10.2. The minimum atomic E-state index is -0.216. The van der Waals surface area contributed by atoms with Crippen molar-refractivity contribution in [3.63, 3.8) is 0 Å². The van der Waals surface area contributed by atoms with E-state index in [1.54, 1.807) is 18.3 Å². The first-order valence-electron chi connectivity index (χ1n) is 7.79. The van der Waals surface area contributed by atoms with Gasteiger partial charge in [-0.05, 0) is 12.5 Å². The van der Waals surface area contributed by atoms with Crippen LogP contribution in [0.15, 0.2) is 30.5 Å². The highest BCUT2D eigenvalue weighted by atomic mass is 16.5. The number of nitrogens with zero attached hydrogens (tertiary/aromatic N) is 5. The smallest absolute Gasteiger partial charge is 0.320 e. The van der Waals surface area contributed by atoms with Crippen molar-refractivity contribution in [2.45, 2.75) is 13.0 Å². The summed E-state index contributed by atoms with van der Waals surface area (Å²) in [6.07, 6.45) is 6.21. The summed E-state index contributed by atoms with van der Waals surface area (Å²) in [7, 11) is 0. The highest BCUT2D eigenvalue weighted by Crippen LogP contribution is 2.26. The Hall–Kier alpha value is -3.36. The van der Waals surface area contributed by atoms with Gasteiger partial charge in [-0.1, -0.05) is 12.2 Å². The zero-order chi connectivity index (χ0) is 17.2.